The SMILES string of the molecule is CCc1nn(C[C@@H](C)O)c(CC)c1[N+](=O)[O-]. The molecule has 6 nitrogen and oxygen atoms in total. The fourth-order valence-electron chi connectivity index (χ4n) is 1.74. The molecular weight excluding hydrogens is 210 g/mol. The van der Waals surface area contributed by atoms with Crippen molar-refractivity contribution >= 4 is 5.69 Å². The number of aliphatic hydroxyl groups excluding tert-OH is 1. The summed E-state index contributed by atoms with van der Waals surface area (Å²) in [6.45, 7) is 5.62. The average Bonchev–Trinajstić information content (AvgIpc) is 2.54. The summed E-state index contributed by atoms with van der Waals surface area (Å²) in [5.41, 5.74) is 1.18. The minimum atomic E-state index is -0.561. The zero-order valence-electron chi connectivity index (χ0n) is 9.80. The predicted molar refractivity (Wildman–Crippen MR) is 59.3 cm³/mol. The summed E-state index contributed by atoms with van der Waals surface area (Å²) in [6, 6.07) is 0. The Morgan fingerprint density at radius 1 is 1.50 bits per heavy atom. The summed E-state index contributed by atoms with van der Waals surface area (Å²) < 4.78 is 1.54. The van der Waals surface area contributed by atoms with E-state index in [0.29, 0.717) is 30.8 Å². The van der Waals surface area contributed by atoms with Crippen molar-refractivity contribution < 1.29 is 10.0 Å². The Morgan fingerprint density at radius 2 is 2.12 bits per heavy atom. The highest BCUT2D eigenvalue weighted by molar-refractivity contribution is 5.41. The zero-order valence-corrected chi connectivity index (χ0v) is 9.80. The number of rotatable bonds is 5. The van der Waals surface area contributed by atoms with Crippen molar-refractivity contribution in [1.29, 1.82) is 0 Å². The molecule has 16 heavy (non-hydrogen) atoms. The summed E-state index contributed by atoms with van der Waals surface area (Å²) in [5.74, 6) is 0. The molecule has 0 amide bonds. The van der Waals surface area contributed by atoms with Crippen molar-refractivity contribution in [2.45, 2.75) is 46.3 Å². The molecular formula is C10H17N3O3. The van der Waals surface area contributed by atoms with E-state index in [1.165, 1.54) is 0 Å². The lowest BCUT2D eigenvalue weighted by Gasteiger charge is -2.06. The van der Waals surface area contributed by atoms with E-state index < -0.39 is 6.10 Å². The van der Waals surface area contributed by atoms with Gasteiger partial charge in [-0.15, -0.1) is 0 Å². The van der Waals surface area contributed by atoms with Crippen LogP contribution in [0.4, 0.5) is 5.69 Å². The second-order valence-electron chi connectivity index (χ2n) is 3.74. The van der Waals surface area contributed by atoms with Gasteiger partial charge < -0.3 is 5.11 Å². The van der Waals surface area contributed by atoms with E-state index >= 15 is 0 Å². The lowest BCUT2D eigenvalue weighted by Crippen LogP contribution is -2.15. The summed E-state index contributed by atoms with van der Waals surface area (Å²) in [4.78, 5) is 10.6. The monoisotopic (exact) mass is 227 g/mol. The smallest absolute Gasteiger partial charge is 0.313 e. The molecule has 0 saturated heterocycles. The molecule has 0 aromatic carbocycles. The average molecular weight is 227 g/mol. The highest BCUT2D eigenvalue weighted by atomic mass is 16.6. The third-order valence-corrected chi connectivity index (χ3v) is 2.39. The first-order valence-electron chi connectivity index (χ1n) is 5.42. The quantitative estimate of drug-likeness (QED) is 0.607. The number of hydrogen-bond acceptors (Lipinski definition) is 4. The molecule has 0 unspecified atom stereocenters. The summed E-state index contributed by atoms with van der Waals surface area (Å²) in [5, 5.41) is 24.4. The standard InChI is InChI=1S/C10H17N3O3/c1-4-8-10(13(15)16)9(5-2)12(11-8)6-7(3)14/h7,14H,4-6H2,1-3H3/t7-/m1/s1. The van der Waals surface area contributed by atoms with Gasteiger partial charge in [0.05, 0.1) is 17.6 Å². The van der Waals surface area contributed by atoms with Crippen LogP contribution in [0.15, 0.2) is 0 Å². The van der Waals surface area contributed by atoms with Crippen molar-refractivity contribution in [3.8, 4) is 0 Å². The summed E-state index contributed by atoms with van der Waals surface area (Å²) in [7, 11) is 0. The number of nitrogens with zero attached hydrogens (tertiary/aromatic N) is 3. The molecule has 0 aliphatic carbocycles. The topological polar surface area (TPSA) is 81.2 Å². The van der Waals surface area contributed by atoms with Crippen LogP contribution in [0.5, 0.6) is 0 Å². The Balaban J connectivity index is 3.24. The Morgan fingerprint density at radius 3 is 2.50 bits per heavy atom. The maximum atomic E-state index is 10.9. The minimum Gasteiger partial charge on any atom is -0.391 e. The van der Waals surface area contributed by atoms with Crippen LogP contribution in [0, 0.1) is 10.1 Å². The molecule has 1 aromatic rings. The van der Waals surface area contributed by atoms with Gasteiger partial charge in [0.15, 0.2) is 0 Å². The van der Waals surface area contributed by atoms with Gasteiger partial charge in [0, 0.05) is 0 Å². The van der Waals surface area contributed by atoms with Gasteiger partial charge in [-0.25, -0.2) is 0 Å². The molecule has 0 aliphatic rings. The van der Waals surface area contributed by atoms with E-state index in [4.69, 9.17) is 0 Å². The van der Waals surface area contributed by atoms with Crippen LogP contribution < -0.4 is 0 Å². The van der Waals surface area contributed by atoms with E-state index in [2.05, 4.69) is 5.10 Å². The molecule has 0 fully saturated rings. The third-order valence-electron chi connectivity index (χ3n) is 2.39. The van der Waals surface area contributed by atoms with E-state index in [1.807, 2.05) is 13.8 Å². The first-order chi connectivity index (χ1) is 7.51. The number of aliphatic hydroxyl groups is 1. The fourth-order valence-corrected chi connectivity index (χ4v) is 1.74. The van der Waals surface area contributed by atoms with Crippen LogP contribution in [0.1, 0.15) is 32.2 Å². The lowest BCUT2D eigenvalue weighted by atomic mass is 10.2. The molecule has 1 heterocycles. The number of aryl methyl sites for hydroxylation is 1. The van der Waals surface area contributed by atoms with E-state index in [1.54, 1.807) is 11.6 Å². The maximum Gasteiger partial charge on any atom is 0.313 e. The second-order valence-corrected chi connectivity index (χ2v) is 3.74. The number of aromatic nitrogens is 2. The number of nitro groups is 1. The van der Waals surface area contributed by atoms with Gasteiger partial charge in [-0.1, -0.05) is 13.8 Å². The maximum absolute atomic E-state index is 10.9. The molecule has 1 N–H and O–H groups in total. The summed E-state index contributed by atoms with van der Waals surface area (Å²) in [6.07, 6.45) is 0.501. The third kappa shape index (κ3) is 2.38. The molecule has 90 valence electrons. The molecule has 6 heteroatoms. The van der Waals surface area contributed by atoms with Crippen LogP contribution >= 0.6 is 0 Å². The van der Waals surface area contributed by atoms with Crippen LogP contribution in [0.2, 0.25) is 0 Å². The van der Waals surface area contributed by atoms with Crippen molar-refractivity contribution in [2.24, 2.45) is 0 Å². The minimum absolute atomic E-state index is 0.102. The van der Waals surface area contributed by atoms with Gasteiger partial charge in [-0.3, -0.25) is 14.8 Å². The van der Waals surface area contributed by atoms with Crippen molar-refractivity contribution in [3.63, 3.8) is 0 Å². The lowest BCUT2D eigenvalue weighted by molar-refractivity contribution is -0.386. The fraction of sp³-hybridized carbons (Fsp3) is 0.700. The number of hydrogen-bond donors (Lipinski definition) is 1. The van der Waals surface area contributed by atoms with Crippen LogP contribution in [0.3, 0.4) is 0 Å². The Labute approximate surface area is 94.0 Å². The first kappa shape index (κ1) is 12.6. The Bertz CT molecular complexity index is 385. The molecule has 0 bridgehead atoms. The van der Waals surface area contributed by atoms with Crippen LogP contribution in [-0.2, 0) is 19.4 Å². The Hall–Kier alpha value is -1.43. The molecule has 1 atom stereocenters. The molecule has 1 aromatic heterocycles. The summed E-state index contributed by atoms with van der Waals surface area (Å²) >= 11 is 0. The van der Waals surface area contributed by atoms with Gasteiger partial charge in [-0.05, 0) is 19.8 Å². The van der Waals surface area contributed by atoms with Gasteiger partial charge in [0.1, 0.15) is 11.4 Å². The molecule has 0 spiro atoms. The van der Waals surface area contributed by atoms with Crippen LogP contribution in [0.25, 0.3) is 0 Å². The largest absolute Gasteiger partial charge is 0.391 e. The highest BCUT2D eigenvalue weighted by Crippen LogP contribution is 2.24. The molecule has 0 radical (unpaired) electrons. The molecule has 0 saturated carbocycles. The first-order valence-corrected chi connectivity index (χ1v) is 5.42. The van der Waals surface area contributed by atoms with Gasteiger partial charge in [0.25, 0.3) is 0 Å². The van der Waals surface area contributed by atoms with Crippen LogP contribution in [-0.4, -0.2) is 25.9 Å². The normalized spacial score (nSPS) is 12.8. The van der Waals surface area contributed by atoms with E-state index in [9.17, 15) is 15.2 Å². The van der Waals surface area contributed by atoms with Crippen molar-refractivity contribution in [2.75, 3.05) is 0 Å². The molecule has 1 rings (SSSR count). The predicted octanol–water partition coefficient (Wildman–Crippen LogP) is 1.30. The Kier molecular flexibility index (Phi) is 4.00. The highest BCUT2D eigenvalue weighted by Gasteiger charge is 2.25. The molecule has 0 aliphatic heterocycles. The van der Waals surface area contributed by atoms with E-state index in [-0.39, 0.29) is 10.6 Å². The van der Waals surface area contributed by atoms with Crippen molar-refractivity contribution in [3.05, 3.63) is 21.5 Å². The van der Waals surface area contributed by atoms with Crippen molar-refractivity contribution in [1.82, 2.24) is 9.78 Å². The van der Waals surface area contributed by atoms with Gasteiger partial charge in [0.2, 0.25) is 0 Å². The van der Waals surface area contributed by atoms with E-state index in [0.717, 1.165) is 0 Å². The second kappa shape index (κ2) is 5.07. The zero-order chi connectivity index (χ0) is 12.3. The van der Waals surface area contributed by atoms with Gasteiger partial charge in [-0.2, -0.15) is 5.10 Å². The van der Waals surface area contributed by atoms with Gasteiger partial charge >= 0.3 is 5.69 Å².